The zero-order chi connectivity index (χ0) is 10.3. The molecule has 0 amide bonds. The summed E-state index contributed by atoms with van der Waals surface area (Å²) < 4.78 is 0. The van der Waals surface area contributed by atoms with E-state index in [1.807, 2.05) is 0 Å². The van der Waals surface area contributed by atoms with Gasteiger partial charge in [0.25, 0.3) is 0 Å². The third-order valence-electron chi connectivity index (χ3n) is 3.59. The van der Waals surface area contributed by atoms with E-state index < -0.39 is 0 Å². The quantitative estimate of drug-likeness (QED) is 0.658. The summed E-state index contributed by atoms with van der Waals surface area (Å²) >= 11 is 0. The lowest BCUT2D eigenvalue weighted by Crippen LogP contribution is -2.07. The maximum absolute atomic E-state index is 2.28. The lowest BCUT2D eigenvalue weighted by molar-refractivity contribution is 0.376. The average molecular weight is 202 g/mol. The van der Waals surface area contributed by atoms with E-state index in [2.05, 4.69) is 30.3 Å². The Morgan fingerprint density at radius 3 is 2.07 bits per heavy atom. The van der Waals surface area contributed by atoms with Gasteiger partial charge in [0, 0.05) is 0 Å². The third-order valence-corrected chi connectivity index (χ3v) is 3.59. The molecule has 0 spiro atoms. The van der Waals surface area contributed by atoms with E-state index in [9.17, 15) is 0 Å². The molecule has 0 bridgehead atoms. The minimum atomic E-state index is 0.952. The summed E-state index contributed by atoms with van der Waals surface area (Å²) in [6.07, 6.45) is 11.5. The molecule has 0 N–H and O–H groups in total. The topological polar surface area (TPSA) is 0 Å². The van der Waals surface area contributed by atoms with Crippen molar-refractivity contribution in [2.24, 2.45) is 5.92 Å². The third kappa shape index (κ3) is 3.70. The minimum absolute atomic E-state index is 0.952. The maximum Gasteiger partial charge on any atom is -0.0250 e. The molecule has 1 aliphatic rings. The van der Waals surface area contributed by atoms with Crippen LogP contribution in [0.5, 0.6) is 0 Å². The monoisotopic (exact) mass is 202 g/mol. The summed E-state index contributed by atoms with van der Waals surface area (Å²) in [4.78, 5) is 0. The highest BCUT2D eigenvalue weighted by Crippen LogP contribution is 2.25. The van der Waals surface area contributed by atoms with Crippen molar-refractivity contribution in [3.05, 3.63) is 35.9 Å². The van der Waals surface area contributed by atoms with E-state index in [0.717, 1.165) is 5.92 Å². The number of rotatable bonds is 2. The van der Waals surface area contributed by atoms with E-state index in [-0.39, 0.29) is 0 Å². The molecular weight excluding hydrogens is 180 g/mol. The van der Waals surface area contributed by atoms with Gasteiger partial charge in [-0.2, -0.15) is 0 Å². The Morgan fingerprint density at radius 1 is 0.800 bits per heavy atom. The van der Waals surface area contributed by atoms with Crippen LogP contribution >= 0.6 is 0 Å². The Kier molecular flexibility index (Phi) is 4.25. The van der Waals surface area contributed by atoms with Crippen molar-refractivity contribution in [3.63, 3.8) is 0 Å². The van der Waals surface area contributed by atoms with Gasteiger partial charge in [-0.1, -0.05) is 75.3 Å². The predicted octanol–water partition coefficient (Wildman–Crippen LogP) is 4.59. The number of benzene rings is 1. The molecule has 0 nitrogen and oxygen atoms in total. The van der Waals surface area contributed by atoms with Crippen LogP contribution < -0.4 is 0 Å². The first-order valence-electron chi connectivity index (χ1n) is 6.49. The average Bonchev–Trinajstić information content (AvgIpc) is 2.23. The zero-order valence-electron chi connectivity index (χ0n) is 9.62. The van der Waals surface area contributed by atoms with Gasteiger partial charge in [-0.15, -0.1) is 0 Å². The van der Waals surface area contributed by atoms with Crippen molar-refractivity contribution < 1.29 is 0 Å². The highest BCUT2D eigenvalue weighted by molar-refractivity contribution is 5.15. The van der Waals surface area contributed by atoms with Crippen molar-refractivity contribution in [1.82, 2.24) is 0 Å². The smallest absolute Gasteiger partial charge is 0.0250 e. The maximum atomic E-state index is 2.28. The Balaban J connectivity index is 1.86. The van der Waals surface area contributed by atoms with Gasteiger partial charge < -0.3 is 0 Å². The van der Waals surface area contributed by atoms with Gasteiger partial charge >= 0.3 is 0 Å². The molecule has 0 atom stereocenters. The standard InChI is InChI=1S/C15H22/c1-2-5-9-14(10-6-3-1)13-15-11-7-4-8-12-15/h4,7-8,11-12,14H,1-3,5-6,9-10,13H2. The van der Waals surface area contributed by atoms with Crippen LogP contribution in [0.25, 0.3) is 0 Å². The molecule has 0 heterocycles. The Labute approximate surface area is 93.7 Å². The van der Waals surface area contributed by atoms with Crippen molar-refractivity contribution in [2.75, 3.05) is 0 Å². The SMILES string of the molecule is c1ccc(CC2CCCCCCC2)cc1. The van der Waals surface area contributed by atoms with Crippen LogP contribution in [0.2, 0.25) is 0 Å². The van der Waals surface area contributed by atoms with Crippen molar-refractivity contribution in [3.8, 4) is 0 Å². The molecule has 0 radical (unpaired) electrons. The van der Waals surface area contributed by atoms with Gasteiger partial charge in [-0.25, -0.2) is 0 Å². The number of hydrogen-bond acceptors (Lipinski definition) is 0. The van der Waals surface area contributed by atoms with Crippen LogP contribution in [0, 0.1) is 5.92 Å². The van der Waals surface area contributed by atoms with E-state index in [1.54, 1.807) is 0 Å². The van der Waals surface area contributed by atoms with Crippen molar-refractivity contribution in [1.29, 1.82) is 0 Å². The molecule has 1 fully saturated rings. The molecule has 15 heavy (non-hydrogen) atoms. The molecule has 0 aliphatic heterocycles. The number of hydrogen-bond donors (Lipinski definition) is 0. The summed E-state index contributed by atoms with van der Waals surface area (Å²) in [5, 5.41) is 0. The molecule has 1 saturated carbocycles. The molecule has 1 aromatic carbocycles. The molecule has 1 aliphatic carbocycles. The lowest BCUT2D eigenvalue weighted by atomic mass is 9.87. The Morgan fingerprint density at radius 2 is 1.40 bits per heavy atom. The van der Waals surface area contributed by atoms with Crippen LogP contribution in [-0.2, 0) is 6.42 Å². The van der Waals surface area contributed by atoms with Crippen LogP contribution in [0.3, 0.4) is 0 Å². The van der Waals surface area contributed by atoms with Crippen molar-refractivity contribution >= 4 is 0 Å². The highest BCUT2D eigenvalue weighted by atomic mass is 14.2. The fraction of sp³-hybridized carbons (Fsp3) is 0.600. The fourth-order valence-electron chi connectivity index (χ4n) is 2.69. The normalized spacial score (nSPS) is 19.5. The molecular formula is C15H22. The lowest BCUT2D eigenvalue weighted by Gasteiger charge is -2.19. The van der Waals surface area contributed by atoms with E-state index >= 15 is 0 Å². The molecule has 82 valence electrons. The first-order valence-corrected chi connectivity index (χ1v) is 6.49. The van der Waals surface area contributed by atoms with Gasteiger partial charge in [-0.3, -0.25) is 0 Å². The molecule has 0 aromatic heterocycles. The first-order chi connectivity index (χ1) is 7.45. The van der Waals surface area contributed by atoms with E-state index in [0.29, 0.717) is 0 Å². The van der Waals surface area contributed by atoms with Gasteiger partial charge in [0.15, 0.2) is 0 Å². The minimum Gasteiger partial charge on any atom is -0.0622 e. The second kappa shape index (κ2) is 5.95. The van der Waals surface area contributed by atoms with E-state index in [1.165, 1.54) is 56.9 Å². The highest BCUT2D eigenvalue weighted by Gasteiger charge is 2.11. The van der Waals surface area contributed by atoms with Gasteiger partial charge in [0.1, 0.15) is 0 Å². The van der Waals surface area contributed by atoms with E-state index in [4.69, 9.17) is 0 Å². The Bertz CT molecular complexity index is 255. The first kappa shape index (κ1) is 10.7. The van der Waals surface area contributed by atoms with Crippen LogP contribution in [-0.4, -0.2) is 0 Å². The zero-order valence-corrected chi connectivity index (χ0v) is 9.62. The summed E-state index contributed by atoms with van der Waals surface area (Å²) in [6, 6.07) is 11.0. The molecule has 0 unspecified atom stereocenters. The molecule has 2 rings (SSSR count). The fourth-order valence-corrected chi connectivity index (χ4v) is 2.69. The van der Waals surface area contributed by atoms with Crippen molar-refractivity contribution in [2.45, 2.75) is 51.4 Å². The second-order valence-corrected chi connectivity index (χ2v) is 4.90. The second-order valence-electron chi connectivity index (χ2n) is 4.90. The molecule has 0 heteroatoms. The van der Waals surface area contributed by atoms with Crippen LogP contribution in [0.1, 0.15) is 50.5 Å². The van der Waals surface area contributed by atoms with Crippen LogP contribution in [0.15, 0.2) is 30.3 Å². The summed E-state index contributed by atoms with van der Waals surface area (Å²) in [7, 11) is 0. The molecule has 0 saturated heterocycles. The summed E-state index contributed by atoms with van der Waals surface area (Å²) in [5.41, 5.74) is 1.53. The largest absolute Gasteiger partial charge is 0.0622 e. The van der Waals surface area contributed by atoms with Crippen LogP contribution in [0.4, 0.5) is 0 Å². The van der Waals surface area contributed by atoms with Gasteiger partial charge in [0.05, 0.1) is 0 Å². The molecule has 1 aromatic rings. The predicted molar refractivity (Wildman–Crippen MR) is 66.0 cm³/mol. The summed E-state index contributed by atoms with van der Waals surface area (Å²) in [6.45, 7) is 0. The van der Waals surface area contributed by atoms with Gasteiger partial charge in [-0.05, 0) is 17.9 Å². The Hall–Kier alpha value is -0.780. The van der Waals surface area contributed by atoms with Gasteiger partial charge in [0.2, 0.25) is 0 Å². The summed E-state index contributed by atoms with van der Waals surface area (Å²) in [5.74, 6) is 0.952.